The number of hydrogen-bond donors (Lipinski definition) is 3. The summed E-state index contributed by atoms with van der Waals surface area (Å²) in [5.41, 5.74) is -2.29. The molecular formula is C20H15F3N4O4. The van der Waals surface area contributed by atoms with E-state index in [0.29, 0.717) is 0 Å². The van der Waals surface area contributed by atoms with E-state index in [1.165, 1.54) is 24.3 Å². The molecule has 8 nitrogen and oxygen atoms in total. The van der Waals surface area contributed by atoms with Crippen LogP contribution in [0.25, 0.3) is 0 Å². The predicted molar refractivity (Wildman–Crippen MR) is 106 cm³/mol. The second kappa shape index (κ2) is 8.69. The van der Waals surface area contributed by atoms with Crippen LogP contribution in [0.3, 0.4) is 0 Å². The van der Waals surface area contributed by atoms with Crippen molar-refractivity contribution in [1.29, 1.82) is 0 Å². The zero-order valence-corrected chi connectivity index (χ0v) is 15.7. The summed E-state index contributed by atoms with van der Waals surface area (Å²) in [5.74, 6) is -1.40. The number of aromatic amines is 1. The molecular weight excluding hydrogens is 417 g/mol. The maximum Gasteiger partial charge on any atom is 0.416 e. The summed E-state index contributed by atoms with van der Waals surface area (Å²) >= 11 is 0. The lowest BCUT2D eigenvalue weighted by Gasteiger charge is -2.13. The number of rotatable bonds is 5. The summed E-state index contributed by atoms with van der Waals surface area (Å²) < 4.78 is 39.5. The fraction of sp³-hybridized carbons (Fsp3) is 0.100. The molecule has 3 N–H and O–H groups in total. The maximum atomic E-state index is 12.9. The van der Waals surface area contributed by atoms with Crippen LogP contribution in [0.15, 0.2) is 70.4 Å². The van der Waals surface area contributed by atoms with Crippen LogP contribution in [-0.4, -0.2) is 21.4 Å². The van der Waals surface area contributed by atoms with Crippen LogP contribution in [-0.2, 0) is 17.5 Å². The summed E-state index contributed by atoms with van der Waals surface area (Å²) in [4.78, 5) is 49.7. The Labute approximate surface area is 172 Å². The van der Waals surface area contributed by atoms with E-state index in [-0.39, 0.29) is 16.9 Å². The third kappa shape index (κ3) is 5.47. The first-order chi connectivity index (χ1) is 14.6. The number of anilines is 2. The maximum absolute atomic E-state index is 12.9. The molecule has 2 aromatic carbocycles. The first kappa shape index (κ1) is 21.6. The third-order valence-corrected chi connectivity index (χ3v) is 4.10. The number of benzene rings is 2. The number of amides is 2. The van der Waals surface area contributed by atoms with E-state index in [2.05, 4.69) is 10.6 Å². The molecule has 0 aliphatic rings. The lowest BCUT2D eigenvalue weighted by molar-refractivity contribution is -0.137. The van der Waals surface area contributed by atoms with Crippen LogP contribution >= 0.6 is 0 Å². The molecule has 0 spiro atoms. The Morgan fingerprint density at radius 1 is 0.968 bits per heavy atom. The Balaban J connectivity index is 1.77. The summed E-state index contributed by atoms with van der Waals surface area (Å²) in [6, 6.07) is 11.1. The van der Waals surface area contributed by atoms with Crippen LogP contribution in [0.1, 0.15) is 15.9 Å². The number of hydrogen-bond acceptors (Lipinski definition) is 4. The number of halogens is 3. The Bertz CT molecular complexity index is 1250. The zero-order chi connectivity index (χ0) is 22.6. The fourth-order valence-electron chi connectivity index (χ4n) is 2.68. The van der Waals surface area contributed by atoms with Crippen molar-refractivity contribution in [3.05, 3.63) is 92.8 Å². The van der Waals surface area contributed by atoms with Gasteiger partial charge in [0.15, 0.2) is 0 Å². The highest BCUT2D eigenvalue weighted by atomic mass is 19.4. The van der Waals surface area contributed by atoms with Gasteiger partial charge in [-0.2, -0.15) is 13.2 Å². The van der Waals surface area contributed by atoms with Gasteiger partial charge in [-0.25, -0.2) is 4.79 Å². The summed E-state index contributed by atoms with van der Waals surface area (Å²) in [7, 11) is 0. The molecule has 0 saturated carbocycles. The highest BCUT2D eigenvalue weighted by Crippen LogP contribution is 2.30. The molecule has 1 heterocycles. The minimum Gasteiger partial charge on any atom is -0.324 e. The summed E-state index contributed by atoms with van der Waals surface area (Å²) in [5, 5.41) is 4.84. The van der Waals surface area contributed by atoms with E-state index in [0.717, 1.165) is 35.0 Å². The second-order valence-corrected chi connectivity index (χ2v) is 6.36. The van der Waals surface area contributed by atoms with E-state index in [1.807, 2.05) is 4.98 Å². The molecule has 11 heteroatoms. The first-order valence-electron chi connectivity index (χ1n) is 8.81. The predicted octanol–water partition coefficient (Wildman–Crippen LogP) is 2.45. The van der Waals surface area contributed by atoms with E-state index in [4.69, 9.17) is 0 Å². The van der Waals surface area contributed by atoms with Crippen molar-refractivity contribution in [1.82, 2.24) is 9.55 Å². The molecule has 0 aliphatic heterocycles. The molecule has 0 saturated heterocycles. The van der Waals surface area contributed by atoms with Crippen LogP contribution in [0.2, 0.25) is 0 Å². The van der Waals surface area contributed by atoms with E-state index < -0.39 is 41.3 Å². The van der Waals surface area contributed by atoms with Crippen molar-refractivity contribution < 1.29 is 22.8 Å². The minimum absolute atomic E-state index is 0.00192. The number of H-pyrrole nitrogens is 1. The highest BCUT2D eigenvalue weighted by molar-refractivity contribution is 6.10. The molecule has 0 unspecified atom stereocenters. The number of para-hydroxylation sites is 1. The van der Waals surface area contributed by atoms with Crippen LogP contribution in [0.4, 0.5) is 24.5 Å². The van der Waals surface area contributed by atoms with Crippen molar-refractivity contribution in [2.24, 2.45) is 0 Å². The topological polar surface area (TPSA) is 113 Å². The van der Waals surface area contributed by atoms with Crippen molar-refractivity contribution in [2.45, 2.75) is 12.7 Å². The average molecular weight is 432 g/mol. The smallest absolute Gasteiger partial charge is 0.324 e. The zero-order valence-electron chi connectivity index (χ0n) is 15.7. The van der Waals surface area contributed by atoms with Gasteiger partial charge in [0.05, 0.1) is 16.8 Å². The largest absolute Gasteiger partial charge is 0.416 e. The number of alkyl halides is 3. The van der Waals surface area contributed by atoms with Gasteiger partial charge in [-0.15, -0.1) is 0 Å². The van der Waals surface area contributed by atoms with E-state index >= 15 is 0 Å². The lowest BCUT2D eigenvalue weighted by atomic mass is 10.1. The fourth-order valence-corrected chi connectivity index (χ4v) is 2.68. The van der Waals surface area contributed by atoms with Gasteiger partial charge in [0.2, 0.25) is 5.91 Å². The first-order valence-corrected chi connectivity index (χ1v) is 8.81. The quantitative estimate of drug-likeness (QED) is 0.575. The number of nitrogens with one attached hydrogen (secondary N) is 3. The molecule has 0 radical (unpaired) electrons. The Kier molecular flexibility index (Phi) is 6.05. The second-order valence-electron chi connectivity index (χ2n) is 6.36. The minimum atomic E-state index is -4.56. The van der Waals surface area contributed by atoms with Gasteiger partial charge < -0.3 is 10.6 Å². The van der Waals surface area contributed by atoms with Crippen molar-refractivity contribution in [3.63, 3.8) is 0 Å². The van der Waals surface area contributed by atoms with Gasteiger partial charge in [-0.1, -0.05) is 18.2 Å². The molecule has 0 fully saturated rings. The van der Waals surface area contributed by atoms with Crippen LogP contribution in [0, 0.1) is 0 Å². The average Bonchev–Trinajstić information content (AvgIpc) is 2.70. The summed E-state index contributed by atoms with van der Waals surface area (Å²) in [6.07, 6.45) is -3.42. The molecule has 0 aliphatic carbocycles. The Hall–Kier alpha value is -4.15. The van der Waals surface area contributed by atoms with Crippen LogP contribution < -0.4 is 21.9 Å². The molecule has 0 bridgehead atoms. The van der Waals surface area contributed by atoms with Gasteiger partial charge in [-0.3, -0.25) is 23.9 Å². The molecule has 1 aromatic heterocycles. The normalized spacial score (nSPS) is 11.1. The van der Waals surface area contributed by atoms with Crippen LogP contribution in [0.5, 0.6) is 0 Å². The van der Waals surface area contributed by atoms with Crippen molar-refractivity contribution >= 4 is 23.2 Å². The monoisotopic (exact) mass is 432 g/mol. The van der Waals surface area contributed by atoms with Gasteiger partial charge in [0.1, 0.15) is 6.54 Å². The number of aromatic nitrogens is 2. The number of carbonyl (C=O) groups is 2. The molecule has 3 rings (SSSR count). The molecule has 3 aromatic rings. The van der Waals surface area contributed by atoms with Gasteiger partial charge in [0, 0.05) is 18.0 Å². The third-order valence-electron chi connectivity index (χ3n) is 4.10. The molecule has 2 amide bonds. The van der Waals surface area contributed by atoms with Gasteiger partial charge in [-0.05, 0) is 30.3 Å². The van der Waals surface area contributed by atoms with Gasteiger partial charge in [0.25, 0.3) is 11.5 Å². The van der Waals surface area contributed by atoms with Crippen molar-refractivity contribution in [2.75, 3.05) is 10.6 Å². The van der Waals surface area contributed by atoms with E-state index in [9.17, 15) is 32.3 Å². The Morgan fingerprint density at radius 2 is 1.71 bits per heavy atom. The number of carbonyl (C=O) groups excluding carboxylic acids is 2. The van der Waals surface area contributed by atoms with Gasteiger partial charge >= 0.3 is 11.9 Å². The molecule has 0 atom stereocenters. The van der Waals surface area contributed by atoms with Crippen molar-refractivity contribution in [3.8, 4) is 0 Å². The molecule has 160 valence electrons. The Morgan fingerprint density at radius 3 is 2.42 bits per heavy atom. The SMILES string of the molecule is O=C(Cn1ccc(=O)[nH]c1=O)Nc1ccccc1C(=O)Nc1cccc(C(F)(F)F)c1. The lowest BCUT2D eigenvalue weighted by Crippen LogP contribution is -2.32. The number of nitrogens with zero attached hydrogens (tertiary/aromatic N) is 1. The highest BCUT2D eigenvalue weighted by Gasteiger charge is 2.30. The summed E-state index contributed by atoms with van der Waals surface area (Å²) in [6.45, 7) is -0.431. The standard InChI is InChI=1S/C20H15F3N4O4/c21-20(22,23)12-4-3-5-13(10-12)24-18(30)14-6-1-2-7-15(14)25-17(29)11-27-9-8-16(28)26-19(27)31/h1-10H,11H2,(H,24,30)(H,25,29)(H,26,28,31). The van der Waals surface area contributed by atoms with E-state index in [1.54, 1.807) is 6.07 Å². The molecule has 31 heavy (non-hydrogen) atoms.